The molecule has 12 heteroatoms. The summed E-state index contributed by atoms with van der Waals surface area (Å²) in [6.07, 6.45) is 3.06. The van der Waals surface area contributed by atoms with Crippen LogP contribution >= 0.6 is 0 Å². The highest BCUT2D eigenvalue weighted by Crippen LogP contribution is 2.37. The summed E-state index contributed by atoms with van der Waals surface area (Å²) in [6, 6.07) is 1.92. The van der Waals surface area contributed by atoms with Gasteiger partial charge in [0.25, 0.3) is 6.47 Å². The summed E-state index contributed by atoms with van der Waals surface area (Å²) in [7, 11) is 0.842. The molecule has 3 rings (SSSR count). The number of hydrogen-bond acceptors (Lipinski definition) is 6. The fraction of sp³-hybridized carbons (Fsp3) is 0.444. The Morgan fingerprint density at radius 3 is 2.63 bits per heavy atom. The van der Waals surface area contributed by atoms with Crippen molar-refractivity contribution in [3.05, 3.63) is 36.2 Å². The Bertz CT molecular complexity index is 980. The highest BCUT2D eigenvalue weighted by atomic mass is 32.2. The highest BCUT2D eigenvalue weighted by molar-refractivity contribution is 7.89. The van der Waals surface area contributed by atoms with E-state index in [1.807, 2.05) is 0 Å². The molecule has 1 aromatic heterocycles. The minimum Gasteiger partial charge on any atom is -0.496 e. The summed E-state index contributed by atoms with van der Waals surface area (Å²) >= 11 is 0. The average Bonchev–Trinajstić information content (AvgIpc) is 3.33. The van der Waals surface area contributed by atoms with Crippen LogP contribution in [0.15, 0.2) is 24.5 Å². The number of ether oxygens (including phenoxy) is 2. The number of rotatable bonds is 6. The summed E-state index contributed by atoms with van der Waals surface area (Å²) < 4.78 is 66.3. The SMILES string of the molecule is COc1ccc(F)c(F)c1-c1nccn1[C@@H]1COC[C@H]1CS(=O)(=O)N(C)C.O=CO. The predicted octanol–water partition coefficient (Wildman–Crippen LogP) is 1.62. The third kappa shape index (κ3) is 4.94. The zero-order chi connectivity index (χ0) is 22.5. The molecule has 0 amide bonds. The fourth-order valence-electron chi connectivity index (χ4n) is 3.16. The van der Waals surface area contributed by atoms with Crippen molar-refractivity contribution in [1.29, 1.82) is 0 Å². The van der Waals surface area contributed by atoms with Crippen LogP contribution in [0, 0.1) is 17.6 Å². The topological polar surface area (TPSA) is 111 Å². The van der Waals surface area contributed by atoms with Gasteiger partial charge in [-0.25, -0.2) is 26.5 Å². The van der Waals surface area contributed by atoms with Gasteiger partial charge in [-0.3, -0.25) is 4.79 Å². The molecule has 2 atom stereocenters. The molecular weight excluding hydrogens is 424 g/mol. The number of halogens is 2. The van der Waals surface area contributed by atoms with E-state index in [1.54, 1.807) is 10.8 Å². The van der Waals surface area contributed by atoms with Crippen molar-refractivity contribution in [3.63, 3.8) is 0 Å². The van der Waals surface area contributed by atoms with Gasteiger partial charge < -0.3 is 19.1 Å². The van der Waals surface area contributed by atoms with Crippen LogP contribution in [0.1, 0.15) is 6.04 Å². The zero-order valence-corrected chi connectivity index (χ0v) is 17.5. The first-order chi connectivity index (χ1) is 14.2. The van der Waals surface area contributed by atoms with Crippen LogP contribution < -0.4 is 4.74 Å². The smallest absolute Gasteiger partial charge is 0.290 e. The lowest BCUT2D eigenvalue weighted by Crippen LogP contribution is -2.32. The van der Waals surface area contributed by atoms with E-state index in [1.165, 1.54) is 33.5 Å². The maximum Gasteiger partial charge on any atom is 0.290 e. The van der Waals surface area contributed by atoms with Crippen molar-refractivity contribution in [1.82, 2.24) is 13.9 Å². The number of aromatic nitrogens is 2. The van der Waals surface area contributed by atoms with Gasteiger partial charge in [-0.1, -0.05) is 0 Å². The predicted molar refractivity (Wildman–Crippen MR) is 104 cm³/mol. The van der Waals surface area contributed by atoms with E-state index in [-0.39, 0.29) is 54.5 Å². The molecule has 0 spiro atoms. The van der Waals surface area contributed by atoms with E-state index >= 15 is 0 Å². The minimum absolute atomic E-state index is 0.108. The number of imidazole rings is 1. The van der Waals surface area contributed by atoms with Gasteiger partial charge in [0.1, 0.15) is 11.6 Å². The van der Waals surface area contributed by atoms with Crippen LogP contribution in [0.2, 0.25) is 0 Å². The molecule has 1 saturated heterocycles. The van der Waals surface area contributed by atoms with Crippen LogP contribution in [-0.4, -0.2) is 74.0 Å². The van der Waals surface area contributed by atoms with Crippen LogP contribution in [0.3, 0.4) is 0 Å². The third-order valence-electron chi connectivity index (χ3n) is 4.67. The van der Waals surface area contributed by atoms with Gasteiger partial charge in [0, 0.05) is 32.4 Å². The molecule has 0 aliphatic carbocycles. The Balaban J connectivity index is 0.00000101. The lowest BCUT2D eigenvalue weighted by Gasteiger charge is -2.23. The lowest BCUT2D eigenvalue weighted by atomic mass is 10.0. The molecule has 0 saturated carbocycles. The number of benzene rings is 1. The minimum atomic E-state index is -3.45. The molecule has 9 nitrogen and oxygen atoms in total. The summed E-state index contributed by atoms with van der Waals surface area (Å²) in [6.45, 7) is 0.244. The summed E-state index contributed by atoms with van der Waals surface area (Å²) in [5.74, 6) is -2.27. The number of carboxylic acid groups (broad SMARTS) is 1. The number of nitrogens with zero attached hydrogens (tertiary/aromatic N) is 3. The quantitative estimate of drug-likeness (QED) is 0.670. The van der Waals surface area contributed by atoms with Gasteiger partial charge in [0.05, 0.1) is 37.7 Å². The molecular formula is C18H23F2N3O6S. The van der Waals surface area contributed by atoms with E-state index in [9.17, 15) is 17.2 Å². The fourth-order valence-corrected chi connectivity index (χ4v) is 4.32. The maximum atomic E-state index is 14.5. The lowest BCUT2D eigenvalue weighted by molar-refractivity contribution is -0.122. The Labute approximate surface area is 172 Å². The average molecular weight is 447 g/mol. The second-order valence-electron chi connectivity index (χ2n) is 6.63. The van der Waals surface area contributed by atoms with Crippen LogP contribution in [0.4, 0.5) is 8.78 Å². The van der Waals surface area contributed by atoms with Crippen molar-refractivity contribution in [3.8, 4) is 17.1 Å². The molecule has 1 aliphatic rings. The monoisotopic (exact) mass is 447 g/mol. The molecule has 1 N–H and O–H groups in total. The van der Waals surface area contributed by atoms with E-state index in [0.717, 1.165) is 10.4 Å². The first-order valence-electron chi connectivity index (χ1n) is 8.78. The van der Waals surface area contributed by atoms with Gasteiger partial charge in [-0.2, -0.15) is 0 Å². The first kappa shape index (κ1) is 23.7. The third-order valence-corrected chi connectivity index (χ3v) is 6.63. The normalized spacial score (nSPS) is 18.7. The number of hydrogen-bond donors (Lipinski definition) is 1. The van der Waals surface area contributed by atoms with E-state index < -0.39 is 21.7 Å². The Hall–Kier alpha value is -2.57. The van der Waals surface area contributed by atoms with Gasteiger partial charge in [-0.15, -0.1) is 0 Å². The van der Waals surface area contributed by atoms with E-state index in [2.05, 4.69) is 4.98 Å². The second kappa shape index (κ2) is 9.96. The first-order valence-corrected chi connectivity index (χ1v) is 10.4. The number of methoxy groups -OCH3 is 1. The summed E-state index contributed by atoms with van der Waals surface area (Å²) in [5.41, 5.74) is -0.108. The van der Waals surface area contributed by atoms with Crippen LogP contribution in [0.5, 0.6) is 5.75 Å². The van der Waals surface area contributed by atoms with Gasteiger partial charge >= 0.3 is 0 Å². The van der Waals surface area contributed by atoms with Crippen molar-refractivity contribution in [2.75, 3.05) is 40.2 Å². The molecule has 166 valence electrons. The standard InChI is InChI=1S/C17H21F2N3O4S.CH2O2/c1-21(2)27(23,24)10-11-8-26-9-13(11)22-7-6-20-17(22)15-14(25-3)5-4-12(18)16(15)19;2-1-3/h4-7,11,13H,8-10H2,1-3H3;1H,(H,2,3)/t11-,13+;/m0./s1. The molecule has 0 radical (unpaired) electrons. The van der Waals surface area contributed by atoms with Crippen LogP contribution in [0.25, 0.3) is 11.4 Å². The summed E-state index contributed by atoms with van der Waals surface area (Å²) in [5, 5.41) is 6.89. The zero-order valence-electron chi connectivity index (χ0n) is 16.7. The van der Waals surface area contributed by atoms with Gasteiger partial charge in [0.15, 0.2) is 11.6 Å². The molecule has 0 bridgehead atoms. The molecule has 2 heterocycles. The van der Waals surface area contributed by atoms with Crippen LogP contribution in [-0.2, 0) is 19.6 Å². The van der Waals surface area contributed by atoms with Gasteiger partial charge in [-0.05, 0) is 12.1 Å². The Kier molecular flexibility index (Phi) is 7.87. The highest BCUT2D eigenvalue weighted by Gasteiger charge is 2.36. The van der Waals surface area contributed by atoms with E-state index in [0.29, 0.717) is 0 Å². The van der Waals surface area contributed by atoms with Gasteiger partial charge in [0.2, 0.25) is 10.0 Å². The largest absolute Gasteiger partial charge is 0.496 e. The van der Waals surface area contributed by atoms with Crippen molar-refractivity contribution in [2.45, 2.75) is 6.04 Å². The van der Waals surface area contributed by atoms with E-state index in [4.69, 9.17) is 19.4 Å². The van der Waals surface area contributed by atoms with Crippen molar-refractivity contribution in [2.24, 2.45) is 5.92 Å². The van der Waals surface area contributed by atoms with Crippen molar-refractivity contribution >= 4 is 16.5 Å². The summed E-state index contributed by atoms with van der Waals surface area (Å²) in [4.78, 5) is 12.5. The molecule has 30 heavy (non-hydrogen) atoms. The molecule has 1 fully saturated rings. The van der Waals surface area contributed by atoms with Crippen molar-refractivity contribution < 1.29 is 36.6 Å². The maximum absolute atomic E-state index is 14.5. The number of sulfonamides is 1. The second-order valence-corrected chi connectivity index (χ2v) is 8.86. The Morgan fingerprint density at radius 1 is 1.37 bits per heavy atom. The Morgan fingerprint density at radius 2 is 2.03 bits per heavy atom. The molecule has 1 aliphatic heterocycles. The molecule has 0 unspecified atom stereocenters. The molecule has 1 aromatic carbocycles. The number of carbonyl (C=O) groups is 1. The molecule has 2 aromatic rings.